The van der Waals surface area contributed by atoms with Gasteiger partial charge in [0.1, 0.15) is 11.6 Å². The zero-order valence-corrected chi connectivity index (χ0v) is 14.5. The third-order valence-corrected chi connectivity index (χ3v) is 4.40. The maximum absolute atomic E-state index is 13.0. The van der Waals surface area contributed by atoms with Gasteiger partial charge in [0.2, 0.25) is 5.89 Å². The zero-order valence-electron chi connectivity index (χ0n) is 13.7. The van der Waals surface area contributed by atoms with E-state index < -0.39 is 0 Å². The summed E-state index contributed by atoms with van der Waals surface area (Å²) in [5.74, 6) is 1.19. The predicted octanol–water partition coefficient (Wildman–Crippen LogP) is 4.38. The molecule has 0 radical (unpaired) electrons. The van der Waals surface area contributed by atoms with Gasteiger partial charge in [-0.1, -0.05) is 11.8 Å². The number of rotatable bonds is 6. The van der Waals surface area contributed by atoms with Crippen molar-refractivity contribution >= 4 is 17.5 Å². The number of ketones is 1. The summed E-state index contributed by atoms with van der Waals surface area (Å²) < 4.78 is 23.9. The van der Waals surface area contributed by atoms with Gasteiger partial charge in [-0.15, -0.1) is 10.2 Å². The van der Waals surface area contributed by atoms with E-state index in [9.17, 15) is 9.18 Å². The molecule has 5 nitrogen and oxygen atoms in total. The first-order chi connectivity index (χ1) is 12.1. The SMILES string of the molecule is COc1ccc(C(C)=O)cc1CSc1nnc(-c2ccc(F)cc2)o1. The number of aromatic nitrogens is 2. The zero-order chi connectivity index (χ0) is 17.8. The molecular formula is C18H15FN2O3S. The summed E-state index contributed by atoms with van der Waals surface area (Å²) in [5.41, 5.74) is 2.13. The lowest BCUT2D eigenvalue weighted by Crippen LogP contribution is -1.96. The summed E-state index contributed by atoms with van der Waals surface area (Å²) in [6.45, 7) is 1.52. The highest BCUT2D eigenvalue weighted by Crippen LogP contribution is 2.30. The second-order valence-electron chi connectivity index (χ2n) is 5.25. The van der Waals surface area contributed by atoms with Crippen molar-refractivity contribution in [3.8, 4) is 17.2 Å². The largest absolute Gasteiger partial charge is 0.496 e. The summed E-state index contributed by atoms with van der Waals surface area (Å²) in [6.07, 6.45) is 0. The fraction of sp³-hybridized carbons (Fsp3) is 0.167. The number of Topliss-reactive ketones (excluding diaryl/α,β-unsaturated/α-hetero) is 1. The minimum atomic E-state index is -0.324. The number of benzene rings is 2. The van der Waals surface area contributed by atoms with Gasteiger partial charge >= 0.3 is 0 Å². The lowest BCUT2D eigenvalue weighted by atomic mass is 10.1. The summed E-state index contributed by atoms with van der Waals surface area (Å²) in [4.78, 5) is 11.5. The van der Waals surface area contributed by atoms with Gasteiger partial charge in [-0.3, -0.25) is 4.79 Å². The molecule has 0 atom stereocenters. The summed E-state index contributed by atoms with van der Waals surface area (Å²) in [5, 5.41) is 8.34. The Morgan fingerprint density at radius 2 is 1.96 bits per heavy atom. The van der Waals surface area contributed by atoms with Crippen molar-refractivity contribution < 1.29 is 18.3 Å². The third-order valence-electron chi connectivity index (χ3n) is 3.54. The summed E-state index contributed by atoms with van der Waals surface area (Å²) >= 11 is 1.34. The van der Waals surface area contributed by atoms with Gasteiger partial charge in [-0.2, -0.15) is 0 Å². The summed E-state index contributed by atoms with van der Waals surface area (Å²) in [7, 11) is 1.58. The number of hydrogen-bond donors (Lipinski definition) is 0. The Morgan fingerprint density at radius 1 is 1.20 bits per heavy atom. The fourth-order valence-corrected chi connectivity index (χ4v) is 2.97. The van der Waals surface area contributed by atoms with Gasteiger partial charge < -0.3 is 9.15 Å². The van der Waals surface area contributed by atoms with E-state index >= 15 is 0 Å². The van der Waals surface area contributed by atoms with E-state index in [2.05, 4.69) is 10.2 Å². The Hall–Kier alpha value is -2.67. The van der Waals surface area contributed by atoms with Crippen LogP contribution in [0.1, 0.15) is 22.8 Å². The molecule has 0 aliphatic heterocycles. The van der Waals surface area contributed by atoms with Crippen LogP contribution in [0, 0.1) is 5.82 Å². The molecule has 0 aliphatic rings. The maximum atomic E-state index is 13.0. The molecule has 25 heavy (non-hydrogen) atoms. The molecule has 3 rings (SSSR count). The van der Waals surface area contributed by atoms with E-state index in [0.717, 1.165) is 5.56 Å². The number of halogens is 1. The minimum absolute atomic E-state index is 0.00899. The van der Waals surface area contributed by atoms with Gasteiger partial charge in [0.25, 0.3) is 5.22 Å². The van der Waals surface area contributed by atoms with Crippen molar-refractivity contribution in [1.82, 2.24) is 10.2 Å². The average molecular weight is 358 g/mol. The van der Waals surface area contributed by atoms with Crippen LogP contribution in [0.2, 0.25) is 0 Å². The quantitative estimate of drug-likeness (QED) is 0.481. The van der Waals surface area contributed by atoms with Crippen molar-refractivity contribution in [3.05, 3.63) is 59.4 Å². The molecule has 0 saturated heterocycles. The fourth-order valence-electron chi connectivity index (χ4n) is 2.23. The van der Waals surface area contributed by atoms with Crippen LogP contribution in [0.15, 0.2) is 52.1 Å². The molecular weight excluding hydrogens is 343 g/mol. The number of carbonyl (C=O) groups is 1. The lowest BCUT2D eigenvalue weighted by molar-refractivity contribution is 0.101. The molecule has 0 fully saturated rings. The molecule has 1 heterocycles. The van der Waals surface area contributed by atoms with Crippen LogP contribution in [0.4, 0.5) is 4.39 Å². The standard InChI is InChI=1S/C18H15FN2O3S/c1-11(22)13-5-8-16(23-2)14(9-13)10-25-18-21-20-17(24-18)12-3-6-15(19)7-4-12/h3-9H,10H2,1-2H3. The molecule has 0 spiro atoms. The van der Waals surface area contributed by atoms with Gasteiger partial charge in [-0.05, 0) is 49.4 Å². The molecule has 128 valence electrons. The minimum Gasteiger partial charge on any atom is -0.496 e. The van der Waals surface area contributed by atoms with E-state index in [1.165, 1.54) is 30.8 Å². The van der Waals surface area contributed by atoms with E-state index in [1.807, 2.05) is 0 Å². The molecule has 0 aliphatic carbocycles. The summed E-state index contributed by atoms with van der Waals surface area (Å²) in [6, 6.07) is 11.1. The van der Waals surface area contributed by atoms with Crippen molar-refractivity contribution in [3.63, 3.8) is 0 Å². The second-order valence-corrected chi connectivity index (χ2v) is 6.18. The van der Waals surface area contributed by atoms with Gasteiger partial charge in [0.05, 0.1) is 7.11 Å². The van der Waals surface area contributed by atoms with Gasteiger partial charge in [0, 0.05) is 22.4 Å². The second kappa shape index (κ2) is 7.48. The van der Waals surface area contributed by atoms with E-state index in [0.29, 0.717) is 33.7 Å². The molecule has 0 N–H and O–H groups in total. The maximum Gasteiger partial charge on any atom is 0.277 e. The first-order valence-corrected chi connectivity index (χ1v) is 8.45. The van der Waals surface area contributed by atoms with Crippen LogP contribution in [0.3, 0.4) is 0 Å². The van der Waals surface area contributed by atoms with Crippen molar-refractivity contribution in [2.45, 2.75) is 17.9 Å². The number of methoxy groups -OCH3 is 1. The highest BCUT2D eigenvalue weighted by Gasteiger charge is 2.12. The van der Waals surface area contributed by atoms with Crippen LogP contribution < -0.4 is 4.74 Å². The van der Waals surface area contributed by atoms with E-state index in [4.69, 9.17) is 9.15 Å². The Balaban J connectivity index is 1.75. The number of carbonyl (C=O) groups excluding carboxylic acids is 1. The Labute approximate surface area is 148 Å². The lowest BCUT2D eigenvalue weighted by Gasteiger charge is -2.08. The molecule has 0 unspecified atom stereocenters. The van der Waals surface area contributed by atoms with E-state index in [-0.39, 0.29) is 11.6 Å². The van der Waals surface area contributed by atoms with Crippen LogP contribution in [0.25, 0.3) is 11.5 Å². The molecule has 0 saturated carbocycles. The van der Waals surface area contributed by atoms with Crippen LogP contribution in [-0.4, -0.2) is 23.1 Å². The van der Waals surface area contributed by atoms with Crippen LogP contribution in [-0.2, 0) is 5.75 Å². The predicted molar refractivity (Wildman–Crippen MR) is 92.3 cm³/mol. The molecule has 0 bridgehead atoms. The van der Waals surface area contributed by atoms with Crippen molar-refractivity contribution in [2.24, 2.45) is 0 Å². The number of hydrogen-bond acceptors (Lipinski definition) is 6. The highest BCUT2D eigenvalue weighted by molar-refractivity contribution is 7.98. The van der Waals surface area contributed by atoms with Crippen LogP contribution >= 0.6 is 11.8 Å². The smallest absolute Gasteiger partial charge is 0.277 e. The van der Waals surface area contributed by atoms with Gasteiger partial charge in [0.15, 0.2) is 5.78 Å². The molecule has 1 aromatic heterocycles. The molecule has 0 amide bonds. The third kappa shape index (κ3) is 4.06. The number of nitrogens with zero attached hydrogens (tertiary/aromatic N) is 2. The van der Waals surface area contributed by atoms with Crippen molar-refractivity contribution in [1.29, 1.82) is 0 Å². The highest BCUT2D eigenvalue weighted by atomic mass is 32.2. The molecule has 3 aromatic rings. The van der Waals surface area contributed by atoms with Crippen LogP contribution in [0.5, 0.6) is 5.75 Å². The van der Waals surface area contributed by atoms with Gasteiger partial charge in [-0.25, -0.2) is 4.39 Å². The Kier molecular flexibility index (Phi) is 5.14. The number of ether oxygens (including phenoxy) is 1. The normalized spacial score (nSPS) is 10.7. The number of thioether (sulfide) groups is 1. The average Bonchev–Trinajstić information content (AvgIpc) is 3.09. The molecule has 2 aromatic carbocycles. The Morgan fingerprint density at radius 3 is 2.64 bits per heavy atom. The topological polar surface area (TPSA) is 65.2 Å². The Bertz CT molecular complexity index is 894. The first-order valence-electron chi connectivity index (χ1n) is 7.47. The van der Waals surface area contributed by atoms with E-state index in [1.54, 1.807) is 37.4 Å². The molecule has 7 heteroatoms. The van der Waals surface area contributed by atoms with Crippen molar-refractivity contribution in [2.75, 3.05) is 7.11 Å². The first kappa shape index (κ1) is 17.2. The monoisotopic (exact) mass is 358 g/mol.